The molecule has 5 nitrogen and oxygen atoms in total. The Balaban J connectivity index is 3.36. The second kappa shape index (κ2) is 7.31. The minimum absolute atomic E-state index is 0.0876. The fraction of sp³-hybridized carbons (Fsp3) is 0.429. The molecule has 0 saturated carbocycles. The number of rotatable bonds is 7. The topological polar surface area (TPSA) is 84.2 Å². The average Bonchev–Trinajstić information content (AvgIpc) is 2.37. The number of amides is 2. The molecule has 1 rings (SSSR count). The first kappa shape index (κ1) is 16.5. The van der Waals surface area contributed by atoms with Crippen LogP contribution in [0.1, 0.15) is 26.3 Å². The van der Waals surface area contributed by atoms with Crippen molar-refractivity contribution in [2.45, 2.75) is 31.1 Å². The molecule has 2 amide bonds. The summed E-state index contributed by atoms with van der Waals surface area (Å²) in [6, 6.07) is 3.87. The number of anilines is 2. The molecule has 0 aromatic heterocycles. The van der Waals surface area contributed by atoms with Crippen LogP contribution in [0.4, 0.5) is 11.4 Å². The van der Waals surface area contributed by atoms with Gasteiger partial charge in [-0.25, -0.2) is 0 Å². The van der Waals surface area contributed by atoms with Gasteiger partial charge in [0.1, 0.15) is 0 Å². The third-order valence-electron chi connectivity index (χ3n) is 2.75. The van der Waals surface area contributed by atoms with Crippen molar-refractivity contribution in [3.8, 4) is 0 Å². The lowest BCUT2D eigenvalue weighted by Crippen LogP contribution is -2.14. The summed E-state index contributed by atoms with van der Waals surface area (Å²) in [5.41, 5.74) is 7.85. The van der Waals surface area contributed by atoms with Gasteiger partial charge in [0.15, 0.2) is 0 Å². The molecule has 4 N–H and O–H groups in total. The van der Waals surface area contributed by atoms with Crippen molar-refractivity contribution >= 4 is 36.0 Å². The highest BCUT2D eigenvalue weighted by Crippen LogP contribution is 2.38. The molecule has 0 spiro atoms. The summed E-state index contributed by atoms with van der Waals surface area (Å²) >= 11 is 1.51. The normalized spacial score (nSPS) is 11.0. The van der Waals surface area contributed by atoms with Crippen LogP contribution in [0, 0.1) is 0 Å². The van der Waals surface area contributed by atoms with Gasteiger partial charge in [-0.05, 0) is 23.1 Å². The third kappa shape index (κ3) is 4.25. The van der Waals surface area contributed by atoms with E-state index in [0.29, 0.717) is 36.5 Å². The van der Waals surface area contributed by atoms with E-state index in [1.807, 2.05) is 12.1 Å². The van der Waals surface area contributed by atoms with Gasteiger partial charge < -0.3 is 16.4 Å². The Hall–Kier alpha value is -1.53. The van der Waals surface area contributed by atoms with Crippen LogP contribution in [0.5, 0.6) is 0 Å². The van der Waals surface area contributed by atoms with E-state index in [4.69, 9.17) is 5.73 Å². The largest absolute Gasteiger partial charge is 0.330 e. The zero-order valence-electron chi connectivity index (χ0n) is 12.0. The van der Waals surface area contributed by atoms with Crippen LogP contribution in [-0.4, -0.2) is 25.1 Å². The maximum absolute atomic E-state index is 10.8. The highest BCUT2D eigenvalue weighted by Gasteiger charge is 2.19. The molecule has 0 saturated heterocycles. The molecule has 1 aromatic carbocycles. The van der Waals surface area contributed by atoms with Crippen LogP contribution in [0.15, 0.2) is 17.0 Å². The minimum atomic E-state index is -0.0876. The van der Waals surface area contributed by atoms with E-state index in [0.717, 1.165) is 10.5 Å². The lowest BCUT2D eigenvalue weighted by atomic mass is 9.86. The van der Waals surface area contributed by atoms with Crippen molar-refractivity contribution < 1.29 is 9.59 Å². The van der Waals surface area contributed by atoms with Gasteiger partial charge >= 0.3 is 0 Å². The van der Waals surface area contributed by atoms with Crippen molar-refractivity contribution in [1.82, 2.24) is 0 Å². The molecule has 1 aromatic rings. The molecular weight excluding hydrogens is 274 g/mol. The van der Waals surface area contributed by atoms with Gasteiger partial charge in [-0.15, -0.1) is 11.8 Å². The number of thioether (sulfide) groups is 1. The first-order chi connectivity index (χ1) is 9.43. The van der Waals surface area contributed by atoms with Crippen LogP contribution in [0.2, 0.25) is 0 Å². The number of nitrogens with two attached hydrogens (primary N) is 1. The van der Waals surface area contributed by atoms with Gasteiger partial charge in [0.25, 0.3) is 0 Å². The minimum Gasteiger partial charge on any atom is -0.330 e. The number of hydrogen-bond donors (Lipinski definition) is 3. The van der Waals surface area contributed by atoms with Crippen molar-refractivity contribution in [3.05, 3.63) is 17.7 Å². The number of carbonyl (C=O) groups is 2. The van der Waals surface area contributed by atoms with E-state index < -0.39 is 0 Å². The quantitative estimate of drug-likeness (QED) is 0.532. The molecule has 0 fully saturated rings. The van der Waals surface area contributed by atoms with E-state index in [1.165, 1.54) is 11.8 Å². The first-order valence-electron chi connectivity index (χ1n) is 6.35. The molecule has 0 radical (unpaired) electrons. The van der Waals surface area contributed by atoms with Crippen molar-refractivity contribution in [1.29, 1.82) is 0 Å². The molecule has 20 heavy (non-hydrogen) atoms. The predicted octanol–water partition coefficient (Wildman–Crippen LogP) is 2.17. The fourth-order valence-corrected chi connectivity index (χ4v) is 2.59. The number of benzene rings is 1. The molecular formula is C14H21N3O2S. The molecule has 6 heteroatoms. The number of hydrogen-bond acceptors (Lipinski definition) is 4. The smallest absolute Gasteiger partial charge is 0.211 e. The second-order valence-electron chi connectivity index (χ2n) is 5.31. The van der Waals surface area contributed by atoms with Crippen LogP contribution >= 0.6 is 11.8 Å². The molecule has 0 aliphatic rings. The van der Waals surface area contributed by atoms with Crippen LogP contribution < -0.4 is 16.4 Å². The Morgan fingerprint density at radius 3 is 2.00 bits per heavy atom. The number of carbonyl (C=O) groups excluding carboxylic acids is 2. The Kier molecular flexibility index (Phi) is 6.04. The molecule has 0 atom stereocenters. The summed E-state index contributed by atoms with van der Waals surface area (Å²) in [6.45, 7) is 6.74. The molecule has 0 bridgehead atoms. The SMILES string of the molecule is CC(C)(C)c1cc(NC=O)c(SCCN)c(NC=O)c1. The first-order valence-corrected chi connectivity index (χ1v) is 7.34. The van der Waals surface area contributed by atoms with Gasteiger partial charge in [0, 0.05) is 12.3 Å². The maximum Gasteiger partial charge on any atom is 0.211 e. The Morgan fingerprint density at radius 2 is 1.65 bits per heavy atom. The second-order valence-corrected chi connectivity index (χ2v) is 6.42. The van der Waals surface area contributed by atoms with Gasteiger partial charge in [-0.3, -0.25) is 9.59 Å². The van der Waals surface area contributed by atoms with Gasteiger partial charge in [-0.2, -0.15) is 0 Å². The van der Waals surface area contributed by atoms with Crippen molar-refractivity contribution in [2.75, 3.05) is 22.9 Å². The zero-order chi connectivity index (χ0) is 15.2. The van der Waals surface area contributed by atoms with Crippen LogP contribution in [-0.2, 0) is 15.0 Å². The lowest BCUT2D eigenvalue weighted by molar-refractivity contribution is -0.106. The zero-order valence-corrected chi connectivity index (χ0v) is 12.8. The highest BCUT2D eigenvalue weighted by molar-refractivity contribution is 7.99. The predicted molar refractivity (Wildman–Crippen MR) is 84.3 cm³/mol. The highest BCUT2D eigenvalue weighted by atomic mass is 32.2. The fourth-order valence-electron chi connectivity index (χ4n) is 1.72. The molecule has 0 aliphatic heterocycles. The molecule has 110 valence electrons. The van der Waals surface area contributed by atoms with Gasteiger partial charge in [0.2, 0.25) is 12.8 Å². The van der Waals surface area contributed by atoms with E-state index in [2.05, 4.69) is 31.4 Å². The van der Waals surface area contributed by atoms with Gasteiger partial charge in [0.05, 0.1) is 16.3 Å². The summed E-state index contributed by atoms with van der Waals surface area (Å²) in [4.78, 5) is 22.4. The molecule has 0 heterocycles. The summed E-state index contributed by atoms with van der Waals surface area (Å²) in [7, 11) is 0. The monoisotopic (exact) mass is 295 g/mol. The summed E-state index contributed by atoms with van der Waals surface area (Å²) in [6.07, 6.45) is 1.28. The Morgan fingerprint density at radius 1 is 1.15 bits per heavy atom. The molecule has 0 unspecified atom stereocenters. The lowest BCUT2D eigenvalue weighted by Gasteiger charge is -2.23. The summed E-state index contributed by atoms with van der Waals surface area (Å²) < 4.78 is 0. The van der Waals surface area contributed by atoms with Crippen LogP contribution in [0.25, 0.3) is 0 Å². The van der Waals surface area contributed by atoms with E-state index in [1.54, 1.807) is 0 Å². The average molecular weight is 295 g/mol. The maximum atomic E-state index is 10.8. The van der Waals surface area contributed by atoms with Crippen molar-refractivity contribution in [3.63, 3.8) is 0 Å². The Bertz CT molecular complexity index is 453. The third-order valence-corrected chi connectivity index (χ3v) is 3.92. The van der Waals surface area contributed by atoms with Crippen LogP contribution in [0.3, 0.4) is 0 Å². The summed E-state index contributed by atoms with van der Waals surface area (Å²) in [5.74, 6) is 0.704. The van der Waals surface area contributed by atoms with Crippen molar-refractivity contribution in [2.24, 2.45) is 5.73 Å². The van der Waals surface area contributed by atoms with E-state index in [-0.39, 0.29) is 5.41 Å². The summed E-state index contributed by atoms with van der Waals surface area (Å²) in [5, 5.41) is 5.40. The Labute approximate surface area is 123 Å². The van der Waals surface area contributed by atoms with E-state index in [9.17, 15) is 9.59 Å². The standard InChI is InChI=1S/C14H21N3O2S/c1-14(2,3)10-6-11(16-8-18)13(20-5-4-15)12(7-10)17-9-19/h6-9H,4-5,15H2,1-3H3,(H,16,18)(H,17,19). The van der Waals surface area contributed by atoms with E-state index >= 15 is 0 Å². The number of nitrogens with one attached hydrogen (secondary N) is 2. The van der Waals surface area contributed by atoms with Gasteiger partial charge in [-0.1, -0.05) is 20.8 Å². The molecule has 0 aliphatic carbocycles.